The maximum Gasteiger partial charge on any atom is 0.431 e. The highest BCUT2D eigenvalue weighted by molar-refractivity contribution is 5.88. The molecule has 2 N–H and O–H groups in total. The second-order valence-corrected chi connectivity index (χ2v) is 8.60. The van der Waals surface area contributed by atoms with Crippen molar-refractivity contribution in [3.05, 3.63) is 47.9 Å². The number of hydrogen-bond donors (Lipinski definition) is 2. The van der Waals surface area contributed by atoms with E-state index in [0.717, 1.165) is 30.3 Å². The molecule has 10 heteroatoms. The van der Waals surface area contributed by atoms with Crippen LogP contribution in [-0.2, 0) is 6.18 Å². The number of para-hydroxylation sites is 1. The van der Waals surface area contributed by atoms with Crippen molar-refractivity contribution in [3.63, 3.8) is 0 Å². The van der Waals surface area contributed by atoms with Crippen molar-refractivity contribution in [2.45, 2.75) is 31.6 Å². The Kier molecular flexibility index (Phi) is 4.74. The molecule has 32 heavy (non-hydrogen) atoms. The maximum absolute atomic E-state index is 13.2. The number of rotatable bonds is 3. The minimum Gasteiger partial charge on any atom is -0.491 e. The van der Waals surface area contributed by atoms with Crippen molar-refractivity contribution in [2.24, 2.45) is 5.41 Å². The number of anilines is 1. The zero-order chi connectivity index (χ0) is 22.5. The number of aromatic nitrogens is 3. The van der Waals surface area contributed by atoms with Gasteiger partial charge in [-0.1, -0.05) is 18.2 Å². The van der Waals surface area contributed by atoms with Crippen molar-refractivity contribution < 1.29 is 17.9 Å². The number of benzene rings is 1. The van der Waals surface area contributed by atoms with Gasteiger partial charge in [-0.15, -0.1) is 0 Å². The van der Waals surface area contributed by atoms with E-state index < -0.39 is 17.3 Å². The number of halogens is 3. The average Bonchev–Trinajstić information content (AvgIpc) is 3.39. The van der Waals surface area contributed by atoms with Gasteiger partial charge in [-0.3, -0.25) is 4.90 Å². The summed E-state index contributed by atoms with van der Waals surface area (Å²) in [5.74, 6) is 1.04. The molecule has 2 aromatic heterocycles. The van der Waals surface area contributed by atoms with E-state index in [1.807, 2.05) is 31.2 Å². The Hall–Kier alpha value is -3.32. The molecule has 5 rings (SSSR count). The molecule has 4 heterocycles. The highest BCUT2D eigenvalue weighted by Crippen LogP contribution is 2.41. The summed E-state index contributed by atoms with van der Waals surface area (Å²) in [6.45, 7) is 3.67. The highest BCUT2D eigenvalue weighted by Gasteiger charge is 2.43. The Balaban J connectivity index is 1.54. The summed E-state index contributed by atoms with van der Waals surface area (Å²) in [4.78, 5) is 12.8. The maximum atomic E-state index is 13.2. The van der Waals surface area contributed by atoms with Crippen LogP contribution < -0.4 is 10.1 Å². The van der Waals surface area contributed by atoms with Gasteiger partial charge < -0.3 is 15.0 Å². The molecular weight excluding hydrogens is 421 g/mol. The molecule has 1 aromatic carbocycles. The van der Waals surface area contributed by atoms with Gasteiger partial charge in [0.1, 0.15) is 35.8 Å². The third-order valence-electron chi connectivity index (χ3n) is 6.31. The summed E-state index contributed by atoms with van der Waals surface area (Å²) in [6, 6.07) is 10.6. The van der Waals surface area contributed by atoms with Crippen LogP contribution in [0.5, 0.6) is 5.75 Å². The number of nitrogens with zero attached hydrogens (tertiary/aromatic N) is 4. The lowest BCUT2D eigenvalue weighted by Gasteiger charge is -2.39. The van der Waals surface area contributed by atoms with Crippen LogP contribution in [0.1, 0.15) is 30.6 Å². The number of H-pyrrole nitrogens is 1. The number of alkyl halides is 3. The lowest BCUT2D eigenvalue weighted by atomic mass is 9.91. The number of likely N-dealkylation sites (tertiary alicyclic amines) is 1. The van der Waals surface area contributed by atoms with Crippen molar-refractivity contribution >= 4 is 16.9 Å². The normalized spacial score (nSPS) is 25.8. The molecule has 0 spiro atoms. The van der Waals surface area contributed by atoms with Gasteiger partial charge in [-0.25, -0.2) is 9.97 Å². The van der Waals surface area contributed by atoms with Crippen LogP contribution in [0.2, 0.25) is 0 Å². The number of nitrogens with one attached hydrogen (secondary N) is 2. The Morgan fingerprint density at radius 3 is 2.88 bits per heavy atom. The van der Waals surface area contributed by atoms with Gasteiger partial charge in [0, 0.05) is 18.7 Å². The second kappa shape index (κ2) is 7.38. The predicted octanol–water partition coefficient (Wildman–Crippen LogP) is 4.13. The number of nitriles is 1. The van der Waals surface area contributed by atoms with E-state index in [0.29, 0.717) is 19.0 Å². The third-order valence-corrected chi connectivity index (χ3v) is 6.31. The minimum atomic E-state index is -4.51. The Bertz CT molecular complexity index is 1200. The first-order chi connectivity index (χ1) is 15.3. The van der Waals surface area contributed by atoms with Crippen molar-refractivity contribution in [3.8, 4) is 11.8 Å². The molecule has 0 saturated carbocycles. The van der Waals surface area contributed by atoms with E-state index in [-0.39, 0.29) is 23.1 Å². The van der Waals surface area contributed by atoms with Crippen molar-refractivity contribution in [2.75, 3.05) is 25.0 Å². The Morgan fingerprint density at radius 1 is 1.31 bits per heavy atom. The average molecular weight is 442 g/mol. The zero-order valence-electron chi connectivity index (χ0n) is 17.3. The fourth-order valence-corrected chi connectivity index (χ4v) is 4.56. The lowest BCUT2D eigenvalue weighted by molar-refractivity contribution is -0.140. The Labute approximate surface area is 182 Å². The molecule has 2 aliphatic rings. The molecule has 2 aliphatic heterocycles. The molecule has 1 saturated heterocycles. The number of ether oxygens (including phenoxy) is 1. The number of aromatic amines is 1. The summed E-state index contributed by atoms with van der Waals surface area (Å²) in [6.07, 6.45) is -2.52. The zero-order valence-corrected chi connectivity index (χ0v) is 17.3. The largest absolute Gasteiger partial charge is 0.491 e. The van der Waals surface area contributed by atoms with Gasteiger partial charge in [0.25, 0.3) is 0 Å². The summed E-state index contributed by atoms with van der Waals surface area (Å²) < 4.78 is 45.7. The quantitative estimate of drug-likeness (QED) is 0.634. The van der Waals surface area contributed by atoms with Crippen LogP contribution in [0.15, 0.2) is 36.7 Å². The molecule has 0 unspecified atom stereocenters. The fourth-order valence-electron chi connectivity index (χ4n) is 4.56. The monoisotopic (exact) mass is 442 g/mol. The SMILES string of the molecule is C[C@@]1(C#N)CCN([C@H]2COc3ccccc3[C@@H]2Nc2ncnc3[nH]c(C(F)(F)F)cc23)C1. The van der Waals surface area contributed by atoms with Gasteiger partial charge in [0.15, 0.2) is 0 Å². The van der Waals surface area contributed by atoms with Crippen molar-refractivity contribution in [1.29, 1.82) is 5.26 Å². The first-order valence-corrected chi connectivity index (χ1v) is 10.3. The van der Waals surface area contributed by atoms with Gasteiger partial charge in [0.2, 0.25) is 0 Å². The summed E-state index contributed by atoms with van der Waals surface area (Å²) in [5, 5.41) is 13.2. The Morgan fingerprint density at radius 2 is 2.12 bits per heavy atom. The third kappa shape index (κ3) is 3.52. The molecule has 7 nitrogen and oxygen atoms in total. The first kappa shape index (κ1) is 20.6. The van der Waals surface area contributed by atoms with Gasteiger partial charge >= 0.3 is 6.18 Å². The van der Waals surface area contributed by atoms with Crippen LogP contribution in [-0.4, -0.2) is 45.6 Å². The van der Waals surface area contributed by atoms with E-state index in [2.05, 4.69) is 31.2 Å². The lowest BCUT2D eigenvalue weighted by Crippen LogP contribution is -2.47. The molecule has 3 atom stereocenters. The predicted molar refractivity (Wildman–Crippen MR) is 111 cm³/mol. The van der Waals surface area contributed by atoms with E-state index >= 15 is 0 Å². The molecule has 166 valence electrons. The molecular formula is C22H21F3N6O. The molecule has 1 fully saturated rings. The molecule has 0 amide bonds. The number of hydrogen-bond acceptors (Lipinski definition) is 6. The second-order valence-electron chi connectivity index (χ2n) is 8.60. The van der Waals surface area contributed by atoms with Crippen LogP contribution in [0, 0.1) is 16.7 Å². The van der Waals surface area contributed by atoms with E-state index in [9.17, 15) is 18.4 Å². The number of fused-ring (bicyclic) bond motifs is 2. The van der Waals surface area contributed by atoms with E-state index in [1.165, 1.54) is 6.33 Å². The van der Waals surface area contributed by atoms with E-state index in [1.54, 1.807) is 0 Å². The first-order valence-electron chi connectivity index (χ1n) is 10.3. The van der Waals surface area contributed by atoms with E-state index in [4.69, 9.17) is 4.74 Å². The minimum absolute atomic E-state index is 0.116. The summed E-state index contributed by atoms with van der Waals surface area (Å²) in [5.41, 5.74) is -0.298. The van der Waals surface area contributed by atoms with Gasteiger partial charge in [-0.05, 0) is 25.5 Å². The topological polar surface area (TPSA) is 89.9 Å². The highest BCUT2D eigenvalue weighted by atomic mass is 19.4. The molecule has 0 bridgehead atoms. The van der Waals surface area contributed by atoms with Crippen LogP contribution in [0.3, 0.4) is 0 Å². The van der Waals surface area contributed by atoms with Gasteiger partial charge in [0.05, 0.1) is 29.0 Å². The standard InChI is InChI=1S/C22H21F3N6O/c1-21(10-26)6-7-31(11-21)15-9-32-16-5-3-2-4-13(16)18(15)30-20-14-8-17(22(23,24)25)29-19(14)27-12-28-20/h2-5,8,12,15,18H,6-7,9,11H2,1H3,(H2,27,28,29,30)/t15-,18-,21-/m0/s1. The van der Waals surface area contributed by atoms with Gasteiger partial charge in [-0.2, -0.15) is 18.4 Å². The summed E-state index contributed by atoms with van der Waals surface area (Å²) >= 11 is 0. The molecule has 0 aliphatic carbocycles. The summed E-state index contributed by atoms with van der Waals surface area (Å²) in [7, 11) is 0. The van der Waals surface area contributed by atoms with Crippen LogP contribution >= 0.6 is 0 Å². The van der Waals surface area contributed by atoms with Crippen LogP contribution in [0.25, 0.3) is 11.0 Å². The van der Waals surface area contributed by atoms with Crippen LogP contribution in [0.4, 0.5) is 19.0 Å². The van der Waals surface area contributed by atoms with Crippen molar-refractivity contribution in [1.82, 2.24) is 19.9 Å². The molecule has 0 radical (unpaired) electrons. The fraction of sp³-hybridized carbons (Fsp3) is 0.409. The smallest absolute Gasteiger partial charge is 0.431 e. The molecule has 3 aromatic rings.